The van der Waals surface area contributed by atoms with Crippen LogP contribution >= 0.6 is 0 Å². The highest BCUT2D eigenvalue weighted by molar-refractivity contribution is 5.82. The van der Waals surface area contributed by atoms with Gasteiger partial charge in [-0.05, 0) is 13.8 Å². The molecular formula is C23H23F11O7. The van der Waals surface area contributed by atoms with E-state index in [9.17, 15) is 62.7 Å². The minimum atomic E-state index is -6.55. The third kappa shape index (κ3) is 9.77. The molecule has 7 nitrogen and oxygen atoms in total. The van der Waals surface area contributed by atoms with Gasteiger partial charge in [0.05, 0.1) is 5.57 Å². The number of hydrogen-bond acceptors (Lipinski definition) is 7. The fourth-order valence-corrected chi connectivity index (χ4v) is 2.77. The first-order chi connectivity index (χ1) is 18.3. The molecular weight excluding hydrogens is 597 g/mol. The minimum absolute atomic E-state index is 0.506. The average molecular weight is 620 g/mol. The standard InChI is InChI=1S/C23H23F11O7/c1-6-13(35)38-9-20(10-39-14(36)7-2,11-40-15(37)8-3)12-41-17(21(26,27)28)16(18(4,24)22(29,30)31)19(5,25)23(32,33)34/h6-8H,1-3,9-12H2,4-5H3. The normalized spacial score (nSPS) is 15.3. The molecule has 0 aliphatic carbocycles. The molecule has 41 heavy (non-hydrogen) atoms. The third-order valence-corrected chi connectivity index (χ3v) is 5.07. The molecule has 0 amide bonds. The van der Waals surface area contributed by atoms with Gasteiger partial charge in [-0.15, -0.1) is 0 Å². The molecule has 0 spiro atoms. The van der Waals surface area contributed by atoms with Crippen LogP contribution in [0, 0.1) is 5.41 Å². The average Bonchev–Trinajstić information content (AvgIpc) is 2.83. The predicted octanol–water partition coefficient (Wildman–Crippen LogP) is 5.57. The molecule has 0 saturated heterocycles. The van der Waals surface area contributed by atoms with Crippen molar-refractivity contribution in [1.29, 1.82) is 0 Å². The van der Waals surface area contributed by atoms with Crippen LogP contribution in [0.1, 0.15) is 13.8 Å². The second kappa shape index (κ2) is 13.4. The Kier molecular flexibility index (Phi) is 12.2. The monoisotopic (exact) mass is 620 g/mol. The Morgan fingerprint density at radius 1 is 0.561 bits per heavy atom. The fourth-order valence-electron chi connectivity index (χ4n) is 2.77. The molecule has 0 radical (unpaired) electrons. The van der Waals surface area contributed by atoms with E-state index in [1.807, 2.05) is 0 Å². The Balaban J connectivity index is 7.39. The number of allylic oxidation sites excluding steroid dienone is 2. The summed E-state index contributed by atoms with van der Waals surface area (Å²) in [4.78, 5) is 34.7. The fraction of sp³-hybridized carbons (Fsp3) is 0.522. The van der Waals surface area contributed by atoms with Gasteiger partial charge in [-0.2, -0.15) is 39.5 Å². The second-order valence-electron chi connectivity index (χ2n) is 8.43. The maximum atomic E-state index is 14.8. The van der Waals surface area contributed by atoms with Crippen molar-refractivity contribution in [3.63, 3.8) is 0 Å². The Hall–Kier alpha value is -3.60. The molecule has 0 aromatic carbocycles. The van der Waals surface area contributed by atoms with Crippen LogP contribution < -0.4 is 0 Å². The molecule has 18 heteroatoms. The van der Waals surface area contributed by atoms with E-state index in [0.29, 0.717) is 18.2 Å². The zero-order valence-corrected chi connectivity index (χ0v) is 21.2. The van der Waals surface area contributed by atoms with Crippen molar-refractivity contribution in [2.24, 2.45) is 5.41 Å². The summed E-state index contributed by atoms with van der Waals surface area (Å²) < 4.78 is 170. The van der Waals surface area contributed by atoms with Crippen LogP contribution in [0.5, 0.6) is 0 Å². The molecule has 0 heterocycles. The van der Waals surface area contributed by atoms with Gasteiger partial charge in [0.1, 0.15) is 31.8 Å². The highest BCUT2D eigenvalue weighted by Gasteiger charge is 2.70. The van der Waals surface area contributed by atoms with E-state index in [0.717, 1.165) is 0 Å². The smallest absolute Gasteiger partial charge is 0.449 e. The number of ether oxygens (including phenoxy) is 4. The van der Waals surface area contributed by atoms with Crippen molar-refractivity contribution in [2.45, 2.75) is 43.7 Å². The summed E-state index contributed by atoms with van der Waals surface area (Å²) in [6.07, 6.45) is -18.0. The molecule has 0 aromatic rings. The topological polar surface area (TPSA) is 88.1 Å². The lowest BCUT2D eigenvalue weighted by Gasteiger charge is -2.38. The molecule has 0 aliphatic rings. The number of carbonyl (C=O) groups is 3. The molecule has 0 N–H and O–H groups in total. The van der Waals surface area contributed by atoms with Crippen molar-refractivity contribution in [3.05, 3.63) is 49.3 Å². The van der Waals surface area contributed by atoms with Crippen LogP contribution in [-0.4, -0.2) is 74.2 Å². The van der Waals surface area contributed by atoms with Gasteiger partial charge in [0, 0.05) is 18.2 Å². The maximum Gasteiger partial charge on any atom is 0.449 e. The van der Waals surface area contributed by atoms with Crippen molar-refractivity contribution in [1.82, 2.24) is 0 Å². The molecule has 0 aromatic heterocycles. The lowest BCUT2D eigenvalue weighted by atomic mass is 9.82. The van der Waals surface area contributed by atoms with Crippen molar-refractivity contribution in [3.8, 4) is 0 Å². The highest BCUT2D eigenvalue weighted by Crippen LogP contribution is 2.53. The van der Waals surface area contributed by atoms with Gasteiger partial charge >= 0.3 is 36.4 Å². The number of alkyl halides is 11. The molecule has 0 bridgehead atoms. The van der Waals surface area contributed by atoms with E-state index >= 15 is 0 Å². The van der Waals surface area contributed by atoms with Gasteiger partial charge in [0.15, 0.2) is 0 Å². The number of halogens is 11. The summed E-state index contributed by atoms with van der Waals surface area (Å²) in [5, 5.41) is 0. The first-order valence-electron chi connectivity index (χ1n) is 10.7. The van der Waals surface area contributed by atoms with Gasteiger partial charge in [0.25, 0.3) is 0 Å². The zero-order chi connectivity index (χ0) is 32.7. The quantitative estimate of drug-likeness (QED) is 0.0825. The summed E-state index contributed by atoms with van der Waals surface area (Å²) >= 11 is 0. The van der Waals surface area contributed by atoms with Gasteiger partial charge in [-0.3, -0.25) is 0 Å². The van der Waals surface area contributed by atoms with Gasteiger partial charge in [-0.25, -0.2) is 23.2 Å². The Morgan fingerprint density at radius 3 is 1.05 bits per heavy atom. The van der Waals surface area contributed by atoms with E-state index in [2.05, 4.69) is 38.7 Å². The first kappa shape index (κ1) is 37.4. The van der Waals surface area contributed by atoms with E-state index in [-0.39, 0.29) is 0 Å². The summed E-state index contributed by atoms with van der Waals surface area (Å²) in [7, 11) is 0. The molecule has 2 atom stereocenters. The van der Waals surface area contributed by atoms with E-state index < -0.39 is 105 Å². The molecule has 0 fully saturated rings. The Bertz CT molecular complexity index is 948. The van der Waals surface area contributed by atoms with Gasteiger partial charge in [0.2, 0.25) is 17.1 Å². The minimum Gasteiger partial charge on any atom is -0.488 e. The number of rotatable bonds is 14. The van der Waals surface area contributed by atoms with Crippen LogP contribution in [0.3, 0.4) is 0 Å². The lowest BCUT2D eigenvalue weighted by molar-refractivity contribution is -0.249. The summed E-state index contributed by atoms with van der Waals surface area (Å²) in [5.74, 6) is -7.35. The van der Waals surface area contributed by atoms with Crippen molar-refractivity contribution < 1.29 is 81.6 Å². The predicted molar refractivity (Wildman–Crippen MR) is 116 cm³/mol. The number of esters is 3. The number of carbonyl (C=O) groups excluding carboxylic acids is 3. The molecule has 0 aliphatic heterocycles. The van der Waals surface area contributed by atoms with Crippen LogP contribution in [-0.2, 0) is 33.3 Å². The van der Waals surface area contributed by atoms with Crippen LogP contribution in [0.25, 0.3) is 0 Å². The Labute approximate surface area is 225 Å². The van der Waals surface area contributed by atoms with E-state index in [1.165, 1.54) is 0 Å². The largest absolute Gasteiger partial charge is 0.488 e. The van der Waals surface area contributed by atoms with Crippen LogP contribution in [0.4, 0.5) is 48.3 Å². The van der Waals surface area contributed by atoms with Crippen molar-refractivity contribution in [2.75, 3.05) is 26.4 Å². The van der Waals surface area contributed by atoms with Gasteiger partial charge in [-0.1, -0.05) is 19.7 Å². The SMILES string of the molecule is C=CC(=O)OCC(COC(=O)C=C)(COC(=O)C=C)COC(=C(C(C)(F)C(F)(F)F)C(C)(F)C(F)(F)F)C(F)(F)F. The zero-order valence-electron chi connectivity index (χ0n) is 21.2. The summed E-state index contributed by atoms with van der Waals surface area (Å²) in [6.45, 7) is 1.80. The third-order valence-electron chi connectivity index (χ3n) is 5.07. The summed E-state index contributed by atoms with van der Waals surface area (Å²) in [5.41, 5.74) is -17.4. The molecule has 234 valence electrons. The maximum absolute atomic E-state index is 14.8. The van der Waals surface area contributed by atoms with Gasteiger partial charge < -0.3 is 18.9 Å². The summed E-state index contributed by atoms with van der Waals surface area (Å²) in [6, 6.07) is 0. The first-order valence-corrected chi connectivity index (χ1v) is 10.7. The lowest BCUT2D eigenvalue weighted by Crippen LogP contribution is -2.54. The molecule has 0 saturated carbocycles. The molecule has 0 rings (SSSR count). The van der Waals surface area contributed by atoms with Crippen LogP contribution in [0.15, 0.2) is 49.3 Å². The highest BCUT2D eigenvalue weighted by atomic mass is 19.4. The van der Waals surface area contributed by atoms with Crippen LogP contribution in [0.2, 0.25) is 0 Å². The van der Waals surface area contributed by atoms with Crippen molar-refractivity contribution >= 4 is 17.9 Å². The number of hydrogen-bond donors (Lipinski definition) is 0. The van der Waals surface area contributed by atoms with E-state index in [1.54, 1.807) is 0 Å². The van der Waals surface area contributed by atoms with E-state index in [4.69, 9.17) is 0 Å². The molecule has 2 unspecified atom stereocenters. The second-order valence-corrected chi connectivity index (χ2v) is 8.43. The Morgan fingerprint density at radius 2 is 0.829 bits per heavy atom.